The fourth-order valence-corrected chi connectivity index (χ4v) is 7.90. The van der Waals surface area contributed by atoms with Crippen molar-refractivity contribution in [1.29, 1.82) is 5.26 Å². The van der Waals surface area contributed by atoms with Gasteiger partial charge in [-0.1, -0.05) is 40.5 Å². The van der Waals surface area contributed by atoms with Gasteiger partial charge in [0.1, 0.15) is 11.7 Å². The second kappa shape index (κ2) is 14.8. The van der Waals surface area contributed by atoms with Crippen molar-refractivity contribution in [2.75, 3.05) is 56.6 Å². The molecule has 1 amide bonds. The number of amides is 1. The van der Waals surface area contributed by atoms with Crippen LogP contribution in [0, 0.1) is 17.2 Å². The number of carbonyl (C=O) groups is 1. The lowest BCUT2D eigenvalue weighted by molar-refractivity contribution is 0.0575. The summed E-state index contributed by atoms with van der Waals surface area (Å²) in [6, 6.07) is 8.14. The highest BCUT2D eigenvalue weighted by atomic mass is 28.4. The highest BCUT2D eigenvalue weighted by Gasteiger charge is 2.47. The molecular weight excluding hydrogens is 683 g/mol. The molecule has 1 atom stereocenters. The molecule has 0 radical (unpaired) electrons. The standard InChI is InChI=1S/C40H59N9O3Si/c1-38(2,3)52-37(50)48-26-40(7,27-51-53(9,10)39(4,5)6)31-22-29(21-30(23-41)35(31)48)32-13-15-42-36(44-32)45-33-24-43-49(16-14-28-11-12-28)34(33)25-47-19-17-46(8)18-20-47/h13,15,21-22,24,28H,11-12,14,16-20,25-27H2,1-10H3,(H,42,44,45)/t40-/m1/s1. The van der Waals surface area contributed by atoms with Gasteiger partial charge in [0.2, 0.25) is 5.95 Å². The molecule has 4 heterocycles. The Morgan fingerprint density at radius 2 is 1.83 bits per heavy atom. The second-order valence-electron chi connectivity index (χ2n) is 18.1. The Labute approximate surface area is 317 Å². The van der Waals surface area contributed by atoms with E-state index in [0.717, 1.165) is 74.1 Å². The number of anilines is 3. The molecule has 1 aromatic carbocycles. The molecule has 13 heteroatoms. The molecule has 6 rings (SSSR count). The third-order valence-electron chi connectivity index (χ3n) is 11.4. The maximum Gasteiger partial charge on any atom is 0.414 e. The smallest absolute Gasteiger partial charge is 0.414 e. The molecule has 1 aliphatic carbocycles. The lowest BCUT2D eigenvalue weighted by Crippen LogP contribution is -2.46. The number of rotatable bonds is 11. The minimum Gasteiger partial charge on any atom is -0.443 e. The summed E-state index contributed by atoms with van der Waals surface area (Å²) in [6.07, 6.45) is 6.95. The van der Waals surface area contributed by atoms with Gasteiger partial charge in [0.25, 0.3) is 0 Å². The zero-order chi connectivity index (χ0) is 38.3. The van der Waals surface area contributed by atoms with Crippen molar-refractivity contribution in [2.24, 2.45) is 5.92 Å². The van der Waals surface area contributed by atoms with Crippen LogP contribution in [-0.2, 0) is 27.7 Å². The van der Waals surface area contributed by atoms with Crippen molar-refractivity contribution in [3.63, 3.8) is 0 Å². The van der Waals surface area contributed by atoms with E-state index in [1.807, 2.05) is 39.1 Å². The minimum absolute atomic E-state index is 0.0116. The fourth-order valence-electron chi connectivity index (χ4n) is 6.79. The van der Waals surface area contributed by atoms with Gasteiger partial charge in [-0.25, -0.2) is 14.8 Å². The van der Waals surface area contributed by atoms with E-state index in [1.54, 1.807) is 11.1 Å². The first-order valence-corrected chi connectivity index (χ1v) is 22.1. The molecule has 2 aliphatic heterocycles. The van der Waals surface area contributed by atoms with Crippen molar-refractivity contribution in [1.82, 2.24) is 29.5 Å². The van der Waals surface area contributed by atoms with Gasteiger partial charge in [-0.15, -0.1) is 0 Å². The molecule has 2 aromatic heterocycles. The van der Waals surface area contributed by atoms with E-state index < -0.39 is 25.4 Å². The van der Waals surface area contributed by atoms with E-state index in [2.05, 4.69) is 84.8 Å². The Morgan fingerprint density at radius 3 is 2.47 bits per heavy atom. The van der Waals surface area contributed by atoms with Crippen molar-refractivity contribution < 1.29 is 14.0 Å². The van der Waals surface area contributed by atoms with Gasteiger partial charge in [-0.2, -0.15) is 10.4 Å². The number of ether oxygens (including phenoxy) is 1. The predicted octanol–water partition coefficient (Wildman–Crippen LogP) is 7.54. The number of hydrogen-bond acceptors (Lipinski definition) is 10. The number of fused-ring (bicyclic) bond motifs is 1. The quantitative estimate of drug-likeness (QED) is 0.197. The molecule has 0 unspecified atom stereocenters. The molecule has 0 spiro atoms. The van der Waals surface area contributed by atoms with E-state index in [0.29, 0.717) is 36.0 Å². The molecule has 1 saturated carbocycles. The molecule has 12 nitrogen and oxygen atoms in total. The van der Waals surface area contributed by atoms with E-state index >= 15 is 0 Å². The molecule has 2 fully saturated rings. The first kappa shape index (κ1) is 38.9. The molecule has 1 N–H and O–H groups in total. The zero-order valence-electron chi connectivity index (χ0n) is 33.5. The number of piperazine rings is 1. The predicted molar refractivity (Wildman–Crippen MR) is 212 cm³/mol. The molecule has 286 valence electrons. The van der Waals surface area contributed by atoms with Gasteiger partial charge in [0.05, 0.1) is 34.5 Å². The number of nitrogens with zero attached hydrogens (tertiary/aromatic N) is 8. The lowest BCUT2D eigenvalue weighted by atomic mass is 9.83. The Morgan fingerprint density at radius 1 is 1.11 bits per heavy atom. The van der Waals surface area contributed by atoms with Crippen LogP contribution in [0.4, 0.5) is 22.1 Å². The van der Waals surface area contributed by atoms with Crippen LogP contribution in [0.15, 0.2) is 30.6 Å². The SMILES string of the molecule is CN1CCN(Cc2c(Nc3nccc(-c4cc(C#N)c5c(c4)[C@@](C)(CO[Si](C)(C)C(C)(C)C)CN5C(=O)OC(C)(C)C)n3)cnn2CCC2CC2)CC1. The highest BCUT2D eigenvalue weighted by Crippen LogP contribution is 2.47. The normalized spacial score (nSPS) is 20.0. The summed E-state index contributed by atoms with van der Waals surface area (Å²) in [7, 11) is 0.0349. The third-order valence-corrected chi connectivity index (χ3v) is 15.9. The molecule has 1 saturated heterocycles. The summed E-state index contributed by atoms with van der Waals surface area (Å²) < 4.78 is 14.8. The number of aromatic nitrogens is 4. The lowest BCUT2D eigenvalue weighted by Gasteiger charge is -2.39. The van der Waals surface area contributed by atoms with Crippen LogP contribution < -0.4 is 10.2 Å². The van der Waals surface area contributed by atoms with E-state index in [1.165, 1.54) is 12.8 Å². The van der Waals surface area contributed by atoms with E-state index in [4.69, 9.17) is 19.2 Å². The number of nitrogens with one attached hydrogen (secondary N) is 1. The number of hydrogen-bond donors (Lipinski definition) is 1. The summed E-state index contributed by atoms with van der Waals surface area (Å²) >= 11 is 0. The van der Waals surface area contributed by atoms with Crippen LogP contribution in [0.2, 0.25) is 18.1 Å². The first-order chi connectivity index (χ1) is 24.9. The second-order valence-corrected chi connectivity index (χ2v) is 22.9. The fraction of sp³-hybridized carbons (Fsp3) is 0.625. The van der Waals surface area contributed by atoms with E-state index in [-0.39, 0.29) is 5.04 Å². The monoisotopic (exact) mass is 741 g/mol. The van der Waals surface area contributed by atoms with Crippen LogP contribution in [0.3, 0.4) is 0 Å². The van der Waals surface area contributed by atoms with Gasteiger partial charge in [-0.3, -0.25) is 14.5 Å². The number of benzene rings is 1. The van der Waals surface area contributed by atoms with Crippen LogP contribution in [0.25, 0.3) is 11.3 Å². The highest BCUT2D eigenvalue weighted by molar-refractivity contribution is 6.74. The molecule has 53 heavy (non-hydrogen) atoms. The topological polar surface area (TPSA) is 125 Å². The summed E-state index contributed by atoms with van der Waals surface area (Å²) in [5.74, 6) is 1.27. The van der Waals surface area contributed by atoms with Gasteiger partial charge >= 0.3 is 6.09 Å². The average molecular weight is 742 g/mol. The van der Waals surface area contributed by atoms with Gasteiger partial charge in [-0.05, 0) is 82.1 Å². The largest absolute Gasteiger partial charge is 0.443 e. The molecule has 3 aliphatic rings. The summed E-state index contributed by atoms with van der Waals surface area (Å²) in [4.78, 5) is 29.8. The Kier molecular flexibility index (Phi) is 10.8. The summed E-state index contributed by atoms with van der Waals surface area (Å²) in [6.45, 7) is 25.4. The third kappa shape index (κ3) is 8.94. The first-order valence-electron chi connectivity index (χ1n) is 19.1. The molecule has 0 bridgehead atoms. The van der Waals surface area contributed by atoms with Crippen molar-refractivity contribution in [2.45, 2.75) is 110 Å². The van der Waals surface area contributed by atoms with Crippen LogP contribution >= 0.6 is 0 Å². The molecular formula is C40H59N9O3Si. The molecule has 3 aromatic rings. The Balaban J connectivity index is 1.33. The number of likely N-dealkylation sites (N-methyl/N-ethyl adjacent to an activating group) is 1. The number of nitriles is 1. The summed E-state index contributed by atoms with van der Waals surface area (Å²) in [5.41, 5.74) is 4.05. The summed E-state index contributed by atoms with van der Waals surface area (Å²) in [5, 5.41) is 18.9. The van der Waals surface area contributed by atoms with Crippen LogP contribution in [-0.4, -0.2) is 95.9 Å². The maximum absolute atomic E-state index is 13.7. The maximum atomic E-state index is 13.7. The van der Waals surface area contributed by atoms with Crippen LogP contribution in [0.1, 0.15) is 84.5 Å². The Bertz CT molecular complexity index is 1840. The minimum atomic E-state index is -2.14. The number of aryl methyl sites for hydroxylation is 1. The average Bonchev–Trinajstić information content (AvgIpc) is 3.78. The van der Waals surface area contributed by atoms with Crippen LogP contribution in [0.5, 0.6) is 0 Å². The number of carbonyl (C=O) groups excluding carboxylic acids is 1. The Hall–Kier alpha value is -3.83. The van der Waals surface area contributed by atoms with Crippen molar-refractivity contribution in [3.8, 4) is 17.3 Å². The van der Waals surface area contributed by atoms with Gasteiger partial charge in [0.15, 0.2) is 8.32 Å². The van der Waals surface area contributed by atoms with Crippen molar-refractivity contribution >= 4 is 31.7 Å². The van der Waals surface area contributed by atoms with Gasteiger partial charge in [0, 0.05) is 69.6 Å². The van der Waals surface area contributed by atoms with Gasteiger partial charge < -0.3 is 19.4 Å². The van der Waals surface area contributed by atoms with Crippen molar-refractivity contribution in [3.05, 3.63) is 47.4 Å². The zero-order valence-corrected chi connectivity index (χ0v) is 34.5. The van der Waals surface area contributed by atoms with E-state index in [9.17, 15) is 10.1 Å².